The third-order valence-electron chi connectivity index (χ3n) is 3.94. The van der Waals surface area contributed by atoms with Crippen molar-refractivity contribution in [2.75, 3.05) is 11.4 Å². The molecule has 2 amide bonds. The molecule has 28 heavy (non-hydrogen) atoms. The Kier molecular flexibility index (Phi) is 9.25. The van der Waals surface area contributed by atoms with Gasteiger partial charge in [0.25, 0.3) is 0 Å². The van der Waals surface area contributed by atoms with Crippen molar-refractivity contribution in [1.82, 2.24) is 5.32 Å². The topological polar surface area (TPSA) is 98.8 Å². The van der Waals surface area contributed by atoms with Crippen LogP contribution < -0.4 is 49.6 Å². The number of carbonyl (C=O) groups excluding carboxylic acids is 3. The summed E-state index contributed by atoms with van der Waals surface area (Å²) in [6.45, 7) is 0.240. The van der Waals surface area contributed by atoms with Gasteiger partial charge < -0.3 is 24.9 Å². The minimum atomic E-state index is -4.83. The van der Waals surface area contributed by atoms with Crippen LogP contribution in [0.5, 0.6) is 5.75 Å². The Bertz CT molecular complexity index is 714. The van der Waals surface area contributed by atoms with Gasteiger partial charge in [0.1, 0.15) is 11.8 Å². The van der Waals surface area contributed by atoms with Gasteiger partial charge in [-0.05, 0) is 37.8 Å². The normalized spacial score (nSPS) is 16.5. The largest absolute Gasteiger partial charge is 1.00 e. The second-order valence-corrected chi connectivity index (χ2v) is 6.02. The first-order valence-electron chi connectivity index (χ1n) is 8.32. The number of rotatable bonds is 8. The summed E-state index contributed by atoms with van der Waals surface area (Å²) in [5.41, 5.74) is 0.243. The molecule has 1 fully saturated rings. The summed E-state index contributed by atoms with van der Waals surface area (Å²) in [5.74, 6) is -2.44. The minimum absolute atomic E-state index is 0. The van der Waals surface area contributed by atoms with Gasteiger partial charge in [0, 0.05) is 30.7 Å². The minimum Gasteiger partial charge on any atom is -0.550 e. The molecule has 1 heterocycles. The van der Waals surface area contributed by atoms with E-state index in [0.29, 0.717) is 19.3 Å². The number of carboxylic acid groups (broad SMARTS) is 1. The van der Waals surface area contributed by atoms with E-state index in [0.717, 1.165) is 12.1 Å². The van der Waals surface area contributed by atoms with Gasteiger partial charge in [0.15, 0.2) is 0 Å². The van der Waals surface area contributed by atoms with Crippen molar-refractivity contribution in [3.05, 3.63) is 24.3 Å². The summed E-state index contributed by atoms with van der Waals surface area (Å²) in [7, 11) is 0. The molecule has 11 heteroatoms. The van der Waals surface area contributed by atoms with Crippen molar-refractivity contribution in [1.29, 1.82) is 0 Å². The van der Waals surface area contributed by atoms with Crippen LogP contribution in [0.4, 0.5) is 18.9 Å². The molecular weight excluding hydrogens is 392 g/mol. The number of unbranched alkanes of at least 4 members (excludes halogenated alkanes) is 1. The van der Waals surface area contributed by atoms with E-state index in [-0.39, 0.29) is 60.5 Å². The second-order valence-electron chi connectivity index (χ2n) is 6.02. The van der Waals surface area contributed by atoms with Crippen LogP contribution in [0, 0.1) is 0 Å². The fourth-order valence-corrected chi connectivity index (χ4v) is 2.74. The summed E-state index contributed by atoms with van der Waals surface area (Å²) in [5, 5.41) is 12.9. The Morgan fingerprint density at radius 1 is 1.25 bits per heavy atom. The number of hydrogen-bond donors (Lipinski definition) is 1. The first kappa shape index (κ1) is 24.3. The van der Waals surface area contributed by atoms with Gasteiger partial charge >= 0.3 is 35.9 Å². The number of benzene rings is 1. The summed E-state index contributed by atoms with van der Waals surface area (Å²) < 4.78 is 40.8. The van der Waals surface area contributed by atoms with Gasteiger partial charge in [-0.2, -0.15) is 0 Å². The number of amides is 2. The maximum absolute atomic E-state index is 12.4. The van der Waals surface area contributed by atoms with Gasteiger partial charge in [0.2, 0.25) is 11.8 Å². The number of aliphatic carboxylic acids is 1. The van der Waals surface area contributed by atoms with Crippen LogP contribution in [-0.2, 0) is 14.4 Å². The quantitative estimate of drug-likeness (QED) is 0.400. The van der Waals surface area contributed by atoms with Crippen molar-refractivity contribution in [2.45, 2.75) is 44.5 Å². The fourth-order valence-electron chi connectivity index (χ4n) is 2.74. The SMILES string of the molecule is O=C([O-])CCCCC(=O)NC1CCN(c2cccc(OC(F)(F)F)c2)C1=O.[Na+]. The van der Waals surface area contributed by atoms with Gasteiger partial charge in [-0.1, -0.05) is 6.07 Å². The van der Waals surface area contributed by atoms with E-state index in [4.69, 9.17) is 0 Å². The van der Waals surface area contributed by atoms with Crippen LogP contribution in [0.2, 0.25) is 0 Å². The summed E-state index contributed by atoms with van der Waals surface area (Å²) in [6.07, 6.45) is -3.94. The van der Waals surface area contributed by atoms with Gasteiger partial charge in [-0.15, -0.1) is 13.2 Å². The molecule has 1 aliphatic rings. The number of anilines is 1. The number of carboxylic acids is 1. The smallest absolute Gasteiger partial charge is 0.550 e. The molecule has 0 spiro atoms. The molecular formula is C17H18F3N2NaO5. The number of nitrogens with zero attached hydrogens (tertiary/aromatic N) is 1. The Morgan fingerprint density at radius 2 is 1.93 bits per heavy atom. The van der Waals surface area contributed by atoms with Gasteiger partial charge in [0.05, 0.1) is 0 Å². The van der Waals surface area contributed by atoms with Crippen LogP contribution in [0.3, 0.4) is 0 Å². The van der Waals surface area contributed by atoms with Crippen LogP contribution in [0.25, 0.3) is 0 Å². The Hall–Kier alpha value is -1.78. The first-order valence-corrected chi connectivity index (χ1v) is 8.32. The monoisotopic (exact) mass is 410 g/mol. The zero-order valence-corrected chi connectivity index (χ0v) is 17.3. The number of hydrogen-bond acceptors (Lipinski definition) is 5. The average Bonchev–Trinajstić information content (AvgIpc) is 2.91. The Labute approximate surface area is 181 Å². The third-order valence-corrected chi connectivity index (χ3v) is 3.94. The van der Waals surface area contributed by atoms with Crippen LogP contribution in [-0.4, -0.2) is 36.7 Å². The van der Waals surface area contributed by atoms with E-state index in [2.05, 4.69) is 10.1 Å². The third kappa shape index (κ3) is 7.69. The predicted molar refractivity (Wildman–Crippen MR) is 85.5 cm³/mol. The number of ether oxygens (including phenoxy) is 1. The van der Waals surface area contributed by atoms with E-state index in [9.17, 15) is 32.7 Å². The van der Waals surface area contributed by atoms with Crippen molar-refractivity contribution >= 4 is 23.5 Å². The molecule has 1 aromatic rings. The number of alkyl halides is 3. The Balaban J connectivity index is 0.00000392. The van der Waals surface area contributed by atoms with Crippen LogP contribution in [0.1, 0.15) is 32.1 Å². The standard InChI is InChI=1S/C17H19F3N2O5.Na/c18-17(19,20)27-12-5-3-4-11(10-12)22-9-8-13(16(22)26)21-14(23)6-1-2-7-15(24)25;/h3-5,10,13H,1-2,6-9H2,(H,21,23)(H,24,25);/q;+1/p-1. The zero-order chi connectivity index (χ0) is 20.0. The maximum atomic E-state index is 12.4. The molecule has 7 nitrogen and oxygen atoms in total. The van der Waals surface area contributed by atoms with E-state index in [1.807, 2.05) is 0 Å². The molecule has 0 aromatic heterocycles. The van der Waals surface area contributed by atoms with Crippen molar-refractivity contribution in [2.24, 2.45) is 0 Å². The van der Waals surface area contributed by atoms with Crippen molar-refractivity contribution in [3.8, 4) is 5.75 Å². The molecule has 1 N–H and O–H groups in total. The van der Waals surface area contributed by atoms with Crippen LogP contribution >= 0.6 is 0 Å². The maximum Gasteiger partial charge on any atom is 1.00 e. The molecule has 1 atom stereocenters. The summed E-state index contributed by atoms with van der Waals surface area (Å²) in [6, 6.07) is 4.28. The number of carbonyl (C=O) groups is 3. The summed E-state index contributed by atoms with van der Waals surface area (Å²) in [4.78, 5) is 35.9. The van der Waals surface area contributed by atoms with E-state index < -0.39 is 30.0 Å². The molecule has 1 saturated heterocycles. The molecule has 1 aliphatic heterocycles. The average molecular weight is 410 g/mol. The van der Waals surface area contributed by atoms with E-state index in [1.54, 1.807) is 0 Å². The first-order chi connectivity index (χ1) is 12.7. The Morgan fingerprint density at radius 3 is 2.57 bits per heavy atom. The van der Waals surface area contributed by atoms with E-state index in [1.165, 1.54) is 17.0 Å². The molecule has 0 bridgehead atoms. The molecule has 0 radical (unpaired) electrons. The van der Waals surface area contributed by atoms with Crippen molar-refractivity contribution in [3.63, 3.8) is 0 Å². The number of nitrogens with one attached hydrogen (secondary N) is 1. The second kappa shape index (κ2) is 10.7. The van der Waals surface area contributed by atoms with Gasteiger partial charge in [-0.3, -0.25) is 9.59 Å². The zero-order valence-electron chi connectivity index (χ0n) is 15.3. The van der Waals surface area contributed by atoms with E-state index >= 15 is 0 Å². The number of halogens is 3. The molecule has 1 unspecified atom stereocenters. The van der Waals surface area contributed by atoms with Crippen molar-refractivity contribution < 1.29 is 67.0 Å². The molecule has 148 valence electrons. The predicted octanol–water partition coefficient (Wildman–Crippen LogP) is -1.88. The molecule has 1 aromatic carbocycles. The molecule has 0 saturated carbocycles. The molecule has 0 aliphatic carbocycles. The van der Waals surface area contributed by atoms with Gasteiger partial charge in [-0.25, -0.2) is 0 Å². The summed E-state index contributed by atoms with van der Waals surface area (Å²) >= 11 is 0. The van der Waals surface area contributed by atoms with Crippen LogP contribution in [0.15, 0.2) is 24.3 Å². The fraction of sp³-hybridized carbons (Fsp3) is 0.471. The molecule has 2 rings (SSSR count).